The molecule has 1 fully saturated rings. The number of hydrogen-bond acceptors (Lipinski definition) is 4. The molecule has 4 nitrogen and oxygen atoms in total. The summed E-state index contributed by atoms with van der Waals surface area (Å²) in [6.45, 7) is 0.150. The van der Waals surface area contributed by atoms with E-state index in [0.29, 0.717) is 0 Å². The van der Waals surface area contributed by atoms with Gasteiger partial charge in [0, 0.05) is 24.4 Å². The lowest BCUT2D eigenvalue weighted by Gasteiger charge is -2.27. The molecule has 0 aliphatic heterocycles. The van der Waals surface area contributed by atoms with E-state index < -0.39 is 11.4 Å². The fourth-order valence-electron chi connectivity index (χ4n) is 2.36. The smallest absolute Gasteiger partial charge is 0.444 e. The van der Waals surface area contributed by atoms with Crippen LogP contribution in [0.1, 0.15) is 36.2 Å². The van der Waals surface area contributed by atoms with E-state index in [4.69, 9.17) is 9.52 Å². The highest BCUT2D eigenvalue weighted by molar-refractivity contribution is 8.00. The number of rotatable bonds is 4. The van der Waals surface area contributed by atoms with Crippen molar-refractivity contribution in [2.24, 2.45) is 5.92 Å². The molecule has 1 aliphatic rings. The van der Waals surface area contributed by atoms with Crippen molar-refractivity contribution >= 4 is 17.7 Å². The lowest BCUT2D eigenvalue weighted by molar-refractivity contribution is -0.0335. The van der Waals surface area contributed by atoms with Crippen molar-refractivity contribution in [2.45, 2.75) is 42.3 Å². The maximum absolute atomic E-state index is 12.2. The van der Waals surface area contributed by atoms with Gasteiger partial charge in [-0.3, -0.25) is 4.79 Å². The van der Waals surface area contributed by atoms with Crippen LogP contribution in [0.2, 0.25) is 0 Å². The van der Waals surface area contributed by atoms with Gasteiger partial charge in [0.1, 0.15) is 0 Å². The Labute approximate surface area is 124 Å². The minimum Gasteiger partial charge on any atom is -0.444 e. The zero-order valence-electron chi connectivity index (χ0n) is 11.2. The third-order valence-corrected chi connectivity index (χ3v) is 4.11. The van der Waals surface area contributed by atoms with Crippen molar-refractivity contribution in [2.75, 3.05) is 6.61 Å². The minimum atomic E-state index is -4.44. The van der Waals surface area contributed by atoms with E-state index in [0.717, 1.165) is 31.7 Å². The third kappa shape index (κ3) is 4.96. The summed E-state index contributed by atoms with van der Waals surface area (Å²) in [7, 11) is 0. The molecule has 0 saturated heterocycles. The molecule has 1 heterocycles. The second-order valence-corrected chi connectivity index (χ2v) is 6.11. The van der Waals surface area contributed by atoms with Crippen molar-refractivity contribution in [1.29, 1.82) is 0 Å². The van der Waals surface area contributed by atoms with Crippen LogP contribution in [0.4, 0.5) is 13.2 Å². The van der Waals surface area contributed by atoms with E-state index in [9.17, 15) is 18.0 Å². The van der Waals surface area contributed by atoms with Gasteiger partial charge in [0.25, 0.3) is 5.91 Å². The first kappa shape index (κ1) is 16.2. The summed E-state index contributed by atoms with van der Waals surface area (Å²) >= 11 is -0.386. The summed E-state index contributed by atoms with van der Waals surface area (Å²) < 4.78 is 41.4. The van der Waals surface area contributed by atoms with E-state index in [1.54, 1.807) is 0 Å². The van der Waals surface area contributed by atoms with Crippen molar-refractivity contribution in [3.63, 3.8) is 0 Å². The van der Waals surface area contributed by atoms with Crippen LogP contribution in [-0.4, -0.2) is 29.2 Å². The van der Waals surface area contributed by atoms with Gasteiger partial charge in [0.2, 0.25) is 0 Å². The molecule has 1 saturated carbocycles. The van der Waals surface area contributed by atoms with Crippen molar-refractivity contribution < 1.29 is 27.5 Å². The van der Waals surface area contributed by atoms with Crippen LogP contribution >= 0.6 is 11.8 Å². The van der Waals surface area contributed by atoms with Gasteiger partial charge in [-0.05, 0) is 43.7 Å². The first-order valence-corrected chi connectivity index (χ1v) is 7.46. The zero-order valence-corrected chi connectivity index (χ0v) is 12.0. The van der Waals surface area contributed by atoms with E-state index in [2.05, 4.69) is 5.32 Å². The Balaban J connectivity index is 1.86. The first-order chi connectivity index (χ1) is 9.87. The molecule has 2 N–H and O–H groups in total. The Morgan fingerprint density at radius 3 is 2.57 bits per heavy atom. The van der Waals surface area contributed by atoms with E-state index in [1.165, 1.54) is 6.07 Å². The monoisotopic (exact) mass is 323 g/mol. The molecule has 0 unspecified atom stereocenters. The molecule has 0 atom stereocenters. The quantitative estimate of drug-likeness (QED) is 0.836. The summed E-state index contributed by atoms with van der Waals surface area (Å²) in [4.78, 5) is 11.9. The summed E-state index contributed by atoms with van der Waals surface area (Å²) in [5, 5.41) is 11.4. The van der Waals surface area contributed by atoms with Crippen molar-refractivity contribution in [3.05, 3.63) is 17.9 Å². The van der Waals surface area contributed by atoms with Crippen molar-refractivity contribution in [1.82, 2.24) is 5.32 Å². The van der Waals surface area contributed by atoms with Crippen LogP contribution in [0.5, 0.6) is 0 Å². The Bertz CT molecular complexity index is 481. The largest absolute Gasteiger partial charge is 0.449 e. The van der Waals surface area contributed by atoms with Gasteiger partial charge in [0.15, 0.2) is 10.9 Å². The predicted molar refractivity (Wildman–Crippen MR) is 70.9 cm³/mol. The molecule has 21 heavy (non-hydrogen) atoms. The first-order valence-electron chi connectivity index (χ1n) is 6.64. The number of carbonyl (C=O) groups is 1. The van der Waals surface area contributed by atoms with Gasteiger partial charge < -0.3 is 14.8 Å². The van der Waals surface area contributed by atoms with Gasteiger partial charge in [-0.1, -0.05) is 0 Å². The lowest BCUT2D eigenvalue weighted by atomic mass is 9.86. The van der Waals surface area contributed by atoms with E-state index in [1.807, 2.05) is 0 Å². The molecule has 118 valence electrons. The highest BCUT2D eigenvalue weighted by atomic mass is 32.2. The maximum Gasteiger partial charge on any atom is 0.449 e. The Kier molecular flexibility index (Phi) is 5.21. The van der Waals surface area contributed by atoms with Gasteiger partial charge in [-0.15, -0.1) is 0 Å². The molecule has 1 aliphatic carbocycles. The maximum atomic E-state index is 12.2. The SMILES string of the molecule is O=C(NC1CCC(CO)CC1)c1ccc(SC(F)(F)F)o1. The van der Waals surface area contributed by atoms with Crippen LogP contribution < -0.4 is 5.32 Å². The summed E-state index contributed by atoms with van der Waals surface area (Å²) in [6, 6.07) is 2.35. The van der Waals surface area contributed by atoms with Crippen LogP contribution in [0.15, 0.2) is 21.6 Å². The Hall–Kier alpha value is -1.15. The predicted octanol–water partition coefficient (Wildman–Crippen LogP) is 3.17. The number of carbonyl (C=O) groups excluding carboxylic acids is 1. The lowest BCUT2D eigenvalue weighted by Crippen LogP contribution is -2.37. The Morgan fingerprint density at radius 1 is 1.33 bits per heavy atom. The molecule has 0 radical (unpaired) electrons. The number of hydrogen-bond donors (Lipinski definition) is 2. The number of amides is 1. The molecule has 1 aromatic rings. The average Bonchev–Trinajstić information content (AvgIpc) is 2.86. The van der Waals surface area contributed by atoms with Crippen LogP contribution in [0.3, 0.4) is 0 Å². The normalized spacial score (nSPS) is 23.0. The molecule has 0 aromatic carbocycles. The fraction of sp³-hybridized carbons (Fsp3) is 0.615. The van der Waals surface area contributed by atoms with Gasteiger partial charge >= 0.3 is 5.51 Å². The highest BCUT2D eigenvalue weighted by Gasteiger charge is 2.31. The number of thioether (sulfide) groups is 1. The highest BCUT2D eigenvalue weighted by Crippen LogP contribution is 2.37. The number of halogens is 3. The molecule has 8 heteroatoms. The van der Waals surface area contributed by atoms with E-state index in [-0.39, 0.29) is 41.2 Å². The molecular formula is C13H16F3NO3S. The molecular weight excluding hydrogens is 307 g/mol. The molecule has 1 aromatic heterocycles. The topological polar surface area (TPSA) is 62.5 Å². The molecule has 0 bridgehead atoms. The standard InChI is InChI=1S/C13H16F3NO3S/c14-13(15,16)21-11-6-5-10(20-11)12(19)17-9-3-1-8(7-18)2-4-9/h5-6,8-9,18H,1-4,7H2,(H,17,19). The fourth-order valence-corrected chi connectivity index (χ4v) is 2.85. The molecule has 2 rings (SSSR count). The molecule has 1 amide bonds. The second kappa shape index (κ2) is 6.74. The van der Waals surface area contributed by atoms with Crippen LogP contribution in [0, 0.1) is 5.92 Å². The number of aliphatic hydroxyl groups excluding tert-OH is 1. The number of alkyl halides is 3. The number of nitrogens with one attached hydrogen (secondary N) is 1. The Morgan fingerprint density at radius 2 is 2.00 bits per heavy atom. The van der Waals surface area contributed by atoms with Gasteiger partial charge in [0.05, 0.1) is 0 Å². The molecule has 0 spiro atoms. The minimum absolute atomic E-state index is 0.0240. The van der Waals surface area contributed by atoms with Crippen molar-refractivity contribution in [3.8, 4) is 0 Å². The van der Waals surface area contributed by atoms with Gasteiger partial charge in [-0.2, -0.15) is 13.2 Å². The third-order valence-electron chi connectivity index (χ3n) is 3.46. The second-order valence-electron chi connectivity index (χ2n) is 5.04. The summed E-state index contributed by atoms with van der Waals surface area (Å²) in [5.74, 6) is -0.348. The number of aliphatic hydroxyl groups is 1. The van der Waals surface area contributed by atoms with Crippen LogP contribution in [-0.2, 0) is 0 Å². The number of furan rings is 1. The van der Waals surface area contributed by atoms with Gasteiger partial charge in [-0.25, -0.2) is 0 Å². The summed E-state index contributed by atoms with van der Waals surface area (Å²) in [6.07, 6.45) is 3.16. The average molecular weight is 323 g/mol. The zero-order chi connectivity index (χ0) is 15.5. The van der Waals surface area contributed by atoms with Crippen LogP contribution in [0.25, 0.3) is 0 Å². The van der Waals surface area contributed by atoms with E-state index >= 15 is 0 Å². The summed E-state index contributed by atoms with van der Waals surface area (Å²) in [5.41, 5.74) is -4.44.